The van der Waals surface area contributed by atoms with Gasteiger partial charge >= 0.3 is 6.16 Å². The van der Waals surface area contributed by atoms with E-state index in [2.05, 4.69) is 9.47 Å². The Balaban J connectivity index is 2.37. The summed E-state index contributed by atoms with van der Waals surface area (Å²) in [6.45, 7) is 0.343. The molecule has 1 atom stereocenters. The van der Waals surface area contributed by atoms with Crippen molar-refractivity contribution in [2.45, 2.75) is 19.1 Å². The van der Waals surface area contributed by atoms with Crippen molar-refractivity contribution >= 4 is 6.16 Å². The summed E-state index contributed by atoms with van der Waals surface area (Å²) in [5.41, 5.74) is 0. The van der Waals surface area contributed by atoms with Gasteiger partial charge in [-0.25, -0.2) is 4.79 Å². The first-order chi connectivity index (χ1) is 4.29. The molecule has 0 aromatic carbocycles. The third-order valence-electron chi connectivity index (χ3n) is 1.05. The number of cyclic esters (lactones) is 2. The van der Waals surface area contributed by atoms with Gasteiger partial charge in [-0.2, -0.15) is 0 Å². The van der Waals surface area contributed by atoms with E-state index in [1.165, 1.54) is 0 Å². The highest BCUT2D eigenvalue weighted by Gasteiger charge is 2.15. The quantitative estimate of drug-likeness (QED) is 0.480. The van der Waals surface area contributed by atoms with Crippen LogP contribution in [-0.2, 0) is 9.47 Å². The predicted octanol–water partition coefficient (Wildman–Crippen LogP) is 0.252. The van der Waals surface area contributed by atoms with Crippen molar-refractivity contribution in [3.8, 4) is 0 Å². The van der Waals surface area contributed by atoms with Crippen molar-refractivity contribution in [3.63, 3.8) is 0 Å². The number of rotatable bonds is 0. The SMILES string of the molecule is O=C1OCCCC(O)O1. The van der Waals surface area contributed by atoms with E-state index in [4.69, 9.17) is 5.11 Å². The summed E-state index contributed by atoms with van der Waals surface area (Å²) in [5.74, 6) is 0. The monoisotopic (exact) mass is 132 g/mol. The lowest BCUT2D eigenvalue weighted by atomic mass is 10.3. The number of ether oxygens (including phenoxy) is 2. The highest BCUT2D eigenvalue weighted by molar-refractivity contribution is 5.60. The molecule has 9 heavy (non-hydrogen) atoms. The molecule has 0 spiro atoms. The van der Waals surface area contributed by atoms with E-state index in [0.717, 1.165) is 0 Å². The molecular weight excluding hydrogens is 124 g/mol. The van der Waals surface area contributed by atoms with E-state index in [1.807, 2.05) is 0 Å². The molecule has 0 aromatic heterocycles. The van der Waals surface area contributed by atoms with Gasteiger partial charge in [0.05, 0.1) is 6.61 Å². The van der Waals surface area contributed by atoms with Crippen LogP contribution < -0.4 is 0 Å². The highest BCUT2D eigenvalue weighted by Crippen LogP contribution is 2.05. The van der Waals surface area contributed by atoms with E-state index in [9.17, 15) is 4.79 Å². The van der Waals surface area contributed by atoms with Crippen molar-refractivity contribution in [2.75, 3.05) is 6.61 Å². The van der Waals surface area contributed by atoms with Crippen LogP contribution in [0.25, 0.3) is 0 Å². The number of aliphatic hydroxyl groups is 1. The second-order valence-electron chi connectivity index (χ2n) is 1.81. The summed E-state index contributed by atoms with van der Waals surface area (Å²) in [5, 5.41) is 8.74. The molecule has 52 valence electrons. The maximum atomic E-state index is 10.3. The van der Waals surface area contributed by atoms with Gasteiger partial charge in [0.25, 0.3) is 0 Å². The zero-order valence-electron chi connectivity index (χ0n) is 4.87. The van der Waals surface area contributed by atoms with Gasteiger partial charge in [0.15, 0.2) is 0 Å². The Morgan fingerprint density at radius 3 is 3.22 bits per heavy atom. The van der Waals surface area contributed by atoms with Crippen LogP contribution in [0, 0.1) is 0 Å². The number of hydrogen-bond donors (Lipinski definition) is 1. The van der Waals surface area contributed by atoms with Crippen LogP contribution in [0.4, 0.5) is 4.79 Å². The summed E-state index contributed by atoms with van der Waals surface area (Å²) in [4.78, 5) is 10.3. The Hall–Kier alpha value is -0.770. The number of aliphatic hydroxyl groups excluding tert-OH is 1. The van der Waals surface area contributed by atoms with Gasteiger partial charge in [-0.15, -0.1) is 0 Å². The molecule has 1 fully saturated rings. The Morgan fingerprint density at radius 2 is 2.44 bits per heavy atom. The maximum Gasteiger partial charge on any atom is 0.510 e. The molecule has 1 unspecified atom stereocenters. The topological polar surface area (TPSA) is 55.8 Å². The molecule has 1 aliphatic heterocycles. The van der Waals surface area contributed by atoms with E-state index in [1.54, 1.807) is 0 Å². The highest BCUT2D eigenvalue weighted by atomic mass is 16.8. The molecule has 4 heteroatoms. The zero-order valence-corrected chi connectivity index (χ0v) is 4.87. The van der Waals surface area contributed by atoms with Gasteiger partial charge in [-0.05, 0) is 6.42 Å². The van der Waals surface area contributed by atoms with Crippen molar-refractivity contribution in [1.29, 1.82) is 0 Å². The molecule has 0 radical (unpaired) electrons. The van der Waals surface area contributed by atoms with Crippen LogP contribution in [0.5, 0.6) is 0 Å². The standard InChI is InChI=1S/C5H8O4/c6-4-2-1-3-8-5(7)9-4/h4,6H,1-3H2. The average molecular weight is 132 g/mol. The van der Waals surface area contributed by atoms with E-state index < -0.39 is 12.4 Å². The summed E-state index contributed by atoms with van der Waals surface area (Å²) < 4.78 is 8.76. The third-order valence-corrected chi connectivity index (χ3v) is 1.05. The first-order valence-electron chi connectivity index (χ1n) is 2.80. The second kappa shape index (κ2) is 2.68. The number of hydrogen-bond acceptors (Lipinski definition) is 4. The molecule has 1 heterocycles. The van der Waals surface area contributed by atoms with Crippen LogP contribution >= 0.6 is 0 Å². The van der Waals surface area contributed by atoms with E-state index in [0.29, 0.717) is 19.4 Å². The molecule has 1 aliphatic rings. The lowest BCUT2D eigenvalue weighted by Gasteiger charge is -2.03. The van der Waals surface area contributed by atoms with Crippen LogP contribution in [0.2, 0.25) is 0 Å². The summed E-state index contributed by atoms with van der Waals surface area (Å²) in [6, 6.07) is 0. The fraction of sp³-hybridized carbons (Fsp3) is 0.800. The first kappa shape index (κ1) is 6.35. The minimum absolute atomic E-state index is 0.343. The molecule has 1 rings (SSSR count). The summed E-state index contributed by atoms with van der Waals surface area (Å²) >= 11 is 0. The number of carbonyl (C=O) groups excluding carboxylic acids is 1. The molecule has 1 saturated heterocycles. The first-order valence-corrected chi connectivity index (χ1v) is 2.80. The van der Waals surface area contributed by atoms with Gasteiger partial charge in [-0.3, -0.25) is 0 Å². The van der Waals surface area contributed by atoms with Crippen molar-refractivity contribution in [1.82, 2.24) is 0 Å². The summed E-state index contributed by atoms with van der Waals surface area (Å²) in [6.07, 6.45) is -0.626. The van der Waals surface area contributed by atoms with Crippen LogP contribution in [0.3, 0.4) is 0 Å². The van der Waals surface area contributed by atoms with Crippen LogP contribution in [0.15, 0.2) is 0 Å². The molecule has 0 aliphatic carbocycles. The van der Waals surface area contributed by atoms with Gasteiger partial charge < -0.3 is 14.6 Å². The Kier molecular flexibility index (Phi) is 1.89. The summed E-state index contributed by atoms with van der Waals surface area (Å²) in [7, 11) is 0. The smallest absolute Gasteiger partial charge is 0.434 e. The molecular formula is C5H8O4. The maximum absolute atomic E-state index is 10.3. The normalized spacial score (nSPS) is 28.1. The lowest BCUT2D eigenvalue weighted by Crippen LogP contribution is -2.13. The van der Waals surface area contributed by atoms with Crippen LogP contribution in [0.1, 0.15) is 12.8 Å². The average Bonchev–Trinajstić information content (AvgIpc) is 1.93. The van der Waals surface area contributed by atoms with Crippen molar-refractivity contribution < 1.29 is 19.4 Å². The minimum atomic E-state index is -0.972. The van der Waals surface area contributed by atoms with Gasteiger partial charge in [-0.1, -0.05) is 0 Å². The Labute approximate surface area is 52.4 Å². The Morgan fingerprint density at radius 1 is 1.67 bits per heavy atom. The molecule has 1 N–H and O–H groups in total. The molecule has 0 aromatic rings. The minimum Gasteiger partial charge on any atom is -0.434 e. The van der Waals surface area contributed by atoms with Crippen molar-refractivity contribution in [2.24, 2.45) is 0 Å². The molecule has 0 amide bonds. The Bertz CT molecular complexity index is 112. The van der Waals surface area contributed by atoms with Crippen LogP contribution in [-0.4, -0.2) is 24.2 Å². The molecule has 0 saturated carbocycles. The second-order valence-corrected chi connectivity index (χ2v) is 1.81. The molecule has 4 nitrogen and oxygen atoms in total. The van der Waals surface area contributed by atoms with Gasteiger partial charge in [0.2, 0.25) is 6.29 Å². The van der Waals surface area contributed by atoms with Gasteiger partial charge in [0, 0.05) is 6.42 Å². The van der Waals surface area contributed by atoms with E-state index in [-0.39, 0.29) is 0 Å². The predicted molar refractivity (Wildman–Crippen MR) is 27.7 cm³/mol. The molecule has 0 bridgehead atoms. The third kappa shape index (κ3) is 1.89. The number of carbonyl (C=O) groups is 1. The largest absolute Gasteiger partial charge is 0.510 e. The van der Waals surface area contributed by atoms with Gasteiger partial charge in [0.1, 0.15) is 0 Å². The lowest BCUT2D eigenvalue weighted by molar-refractivity contribution is -0.0671. The fourth-order valence-corrected chi connectivity index (χ4v) is 0.617. The zero-order chi connectivity index (χ0) is 6.69. The van der Waals surface area contributed by atoms with Crippen molar-refractivity contribution in [3.05, 3.63) is 0 Å². The fourth-order valence-electron chi connectivity index (χ4n) is 0.617. The van der Waals surface area contributed by atoms with E-state index >= 15 is 0 Å².